The van der Waals surface area contributed by atoms with E-state index in [0.29, 0.717) is 36.0 Å². The van der Waals surface area contributed by atoms with Crippen molar-refractivity contribution in [2.75, 3.05) is 20.8 Å². The van der Waals surface area contributed by atoms with E-state index in [2.05, 4.69) is 5.32 Å². The average Bonchev–Trinajstić information content (AvgIpc) is 2.76. The van der Waals surface area contributed by atoms with Crippen LogP contribution in [0.5, 0.6) is 17.2 Å². The van der Waals surface area contributed by atoms with Crippen LogP contribution in [-0.2, 0) is 6.61 Å². The van der Waals surface area contributed by atoms with Gasteiger partial charge in [-0.05, 0) is 30.5 Å². The van der Waals surface area contributed by atoms with Crippen molar-refractivity contribution < 1.29 is 19.0 Å². The molecule has 0 aliphatic rings. The summed E-state index contributed by atoms with van der Waals surface area (Å²) in [5.41, 5.74) is 6.92. The molecule has 29 heavy (non-hydrogen) atoms. The maximum atomic E-state index is 12.8. The fourth-order valence-electron chi connectivity index (χ4n) is 2.96. The molecule has 6 nitrogen and oxygen atoms in total. The lowest BCUT2D eigenvalue weighted by molar-refractivity contribution is 0.0894. The first kappa shape index (κ1) is 24.6. The van der Waals surface area contributed by atoms with Gasteiger partial charge in [0.1, 0.15) is 6.61 Å². The van der Waals surface area contributed by atoms with Crippen molar-refractivity contribution in [1.29, 1.82) is 0 Å². The first-order valence-corrected chi connectivity index (χ1v) is 9.47. The van der Waals surface area contributed by atoms with Crippen molar-refractivity contribution in [1.82, 2.24) is 5.32 Å². The van der Waals surface area contributed by atoms with Gasteiger partial charge in [-0.25, -0.2) is 0 Å². The Morgan fingerprint density at radius 2 is 1.59 bits per heavy atom. The second-order valence-corrected chi connectivity index (χ2v) is 6.63. The molecule has 0 bridgehead atoms. The molecule has 1 amide bonds. The minimum Gasteiger partial charge on any atom is -0.493 e. The molecule has 0 aliphatic carbocycles. The number of ether oxygens (including phenoxy) is 3. The molecule has 0 saturated carbocycles. The van der Waals surface area contributed by atoms with E-state index in [9.17, 15) is 4.79 Å². The molecule has 0 heterocycles. The van der Waals surface area contributed by atoms with Gasteiger partial charge in [0.05, 0.1) is 19.8 Å². The smallest absolute Gasteiger partial charge is 0.252 e. The summed E-state index contributed by atoms with van der Waals surface area (Å²) in [6.07, 6.45) is 1.50. The molecule has 2 aromatic carbocycles. The zero-order valence-electron chi connectivity index (χ0n) is 17.5. The zero-order chi connectivity index (χ0) is 20.6. The molecular weight excluding hydrogens is 392 g/mol. The molecule has 0 aromatic heterocycles. The van der Waals surface area contributed by atoms with Crippen molar-refractivity contribution in [3.8, 4) is 17.2 Å². The van der Waals surface area contributed by atoms with E-state index in [1.54, 1.807) is 12.1 Å². The van der Waals surface area contributed by atoms with Crippen LogP contribution in [0.1, 0.15) is 42.6 Å². The van der Waals surface area contributed by atoms with Crippen molar-refractivity contribution in [2.24, 2.45) is 5.73 Å². The average molecular weight is 423 g/mol. The third kappa shape index (κ3) is 6.02. The molecule has 0 saturated heterocycles. The molecule has 7 heteroatoms. The lowest BCUT2D eigenvalue weighted by Crippen LogP contribution is -2.52. The van der Waals surface area contributed by atoms with Crippen LogP contribution in [0.2, 0.25) is 0 Å². The predicted octanol–water partition coefficient (Wildman–Crippen LogP) is 3.95. The monoisotopic (exact) mass is 422 g/mol. The summed E-state index contributed by atoms with van der Waals surface area (Å²) >= 11 is 0. The quantitative estimate of drug-likeness (QED) is 0.605. The minimum atomic E-state index is -0.431. The summed E-state index contributed by atoms with van der Waals surface area (Å²) in [6, 6.07) is 13.1. The number of methoxy groups -OCH3 is 2. The van der Waals surface area contributed by atoms with Crippen LogP contribution in [0.25, 0.3) is 0 Å². The molecule has 0 radical (unpaired) electrons. The third-order valence-corrected chi connectivity index (χ3v) is 5.07. The summed E-state index contributed by atoms with van der Waals surface area (Å²) in [6.45, 7) is 4.76. The number of nitrogens with one attached hydrogen (secondary N) is 1. The zero-order valence-corrected chi connectivity index (χ0v) is 18.3. The van der Waals surface area contributed by atoms with Crippen molar-refractivity contribution >= 4 is 18.3 Å². The normalized spacial score (nSPS) is 10.7. The summed E-state index contributed by atoms with van der Waals surface area (Å²) < 4.78 is 16.9. The molecule has 0 fully saturated rings. The van der Waals surface area contributed by atoms with Gasteiger partial charge in [-0.15, -0.1) is 12.4 Å². The molecule has 160 valence electrons. The number of rotatable bonds is 10. The largest absolute Gasteiger partial charge is 0.493 e. The van der Waals surface area contributed by atoms with E-state index >= 15 is 0 Å². The van der Waals surface area contributed by atoms with Gasteiger partial charge in [0.25, 0.3) is 5.91 Å². The molecular formula is C22H31ClN2O4. The van der Waals surface area contributed by atoms with Crippen molar-refractivity contribution in [2.45, 2.75) is 38.8 Å². The Kier molecular flexibility index (Phi) is 9.78. The second kappa shape index (κ2) is 11.5. The van der Waals surface area contributed by atoms with Gasteiger partial charge in [0, 0.05) is 12.1 Å². The number of hydrogen-bond acceptors (Lipinski definition) is 5. The van der Waals surface area contributed by atoms with Gasteiger partial charge in [-0.3, -0.25) is 4.79 Å². The number of hydrogen-bond donors (Lipinski definition) is 2. The standard InChI is InChI=1S/C22H30N2O4.ClH/c1-5-22(6-2,15-23)24-21(25)17-12-18(26-3)20(19(13-17)27-4)28-14-16-10-8-7-9-11-16;/h7-13H,5-6,14-15,23H2,1-4H3,(H,24,25);1H. The van der Waals surface area contributed by atoms with E-state index in [1.165, 1.54) is 14.2 Å². The van der Waals surface area contributed by atoms with Gasteiger partial charge in [0.2, 0.25) is 5.75 Å². The van der Waals surface area contributed by atoms with Crippen LogP contribution in [0.3, 0.4) is 0 Å². The van der Waals surface area contributed by atoms with Crippen LogP contribution in [0.4, 0.5) is 0 Å². The lowest BCUT2D eigenvalue weighted by Gasteiger charge is -2.31. The lowest BCUT2D eigenvalue weighted by atomic mass is 9.92. The van der Waals surface area contributed by atoms with E-state index in [-0.39, 0.29) is 18.3 Å². The number of benzene rings is 2. The summed E-state index contributed by atoms with van der Waals surface area (Å²) in [5, 5.41) is 3.06. The van der Waals surface area contributed by atoms with E-state index in [0.717, 1.165) is 18.4 Å². The van der Waals surface area contributed by atoms with E-state index in [1.807, 2.05) is 44.2 Å². The predicted molar refractivity (Wildman–Crippen MR) is 117 cm³/mol. The fraction of sp³-hybridized carbons (Fsp3) is 0.409. The Hall–Kier alpha value is -2.44. The molecule has 3 N–H and O–H groups in total. The summed E-state index contributed by atoms with van der Waals surface area (Å²) in [4.78, 5) is 12.8. The number of nitrogens with two attached hydrogens (primary N) is 1. The molecule has 0 atom stereocenters. The Bertz CT molecular complexity index is 746. The number of carbonyl (C=O) groups is 1. The van der Waals surface area contributed by atoms with Crippen LogP contribution in [0.15, 0.2) is 42.5 Å². The first-order valence-electron chi connectivity index (χ1n) is 9.47. The summed E-state index contributed by atoms with van der Waals surface area (Å²) in [5.74, 6) is 1.11. The minimum absolute atomic E-state index is 0. The highest BCUT2D eigenvalue weighted by molar-refractivity contribution is 5.96. The number of halogens is 1. The molecule has 0 aliphatic heterocycles. The van der Waals surface area contributed by atoms with Gasteiger partial charge >= 0.3 is 0 Å². The Balaban J connectivity index is 0.00000420. The van der Waals surface area contributed by atoms with Crippen molar-refractivity contribution in [3.63, 3.8) is 0 Å². The molecule has 0 spiro atoms. The Morgan fingerprint density at radius 3 is 2.03 bits per heavy atom. The Labute approximate surface area is 179 Å². The highest BCUT2D eigenvalue weighted by Gasteiger charge is 2.28. The highest BCUT2D eigenvalue weighted by Crippen LogP contribution is 2.39. The first-order chi connectivity index (χ1) is 13.5. The number of carbonyl (C=O) groups excluding carboxylic acids is 1. The molecule has 2 rings (SSSR count). The maximum Gasteiger partial charge on any atom is 0.252 e. The molecule has 2 aromatic rings. The SMILES string of the molecule is CCC(CC)(CN)NC(=O)c1cc(OC)c(OCc2ccccc2)c(OC)c1.Cl. The van der Waals surface area contributed by atoms with E-state index in [4.69, 9.17) is 19.9 Å². The maximum absolute atomic E-state index is 12.8. The van der Waals surface area contributed by atoms with Crippen LogP contribution < -0.4 is 25.3 Å². The fourth-order valence-corrected chi connectivity index (χ4v) is 2.96. The second-order valence-electron chi connectivity index (χ2n) is 6.63. The summed E-state index contributed by atoms with van der Waals surface area (Å²) in [7, 11) is 3.07. The highest BCUT2D eigenvalue weighted by atomic mass is 35.5. The topological polar surface area (TPSA) is 82.8 Å². The van der Waals surface area contributed by atoms with Crippen molar-refractivity contribution in [3.05, 3.63) is 53.6 Å². The van der Waals surface area contributed by atoms with Crippen LogP contribution in [-0.4, -0.2) is 32.2 Å². The van der Waals surface area contributed by atoms with Gasteiger partial charge in [-0.1, -0.05) is 44.2 Å². The van der Waals surface area contributed by atoms with Gasteiger partial charge in [0.15, 0.2) is 11.5 Å². The Morgan fingerprint density at radius 1 is 1.03 bits per heavy atom. The number of amides is 1. The van der Waals surface area contributed by atoms with Crippen LogP contribution in [0, 0.1) is 0 Å². The van der Waals surface area contributed by atoms with Gasteiger partial charge in [-0.2, -0.15) is 0 Å². The molecule has 0 unspecified atom stereocenters. The van der Waals surface area contributed by atoms with Crippen LogP contribution >= 0.6 is 12.4 Å². The van der Waals surface area contributed by atoms with E-state index < -0.39 is 5.54 Å². The third-order valence-electron chi connectivity index (χ3n) is 5.07. The van der Waals surface area contributed by atoms with Gasteiger partial charge < -0.3 is 25.3 Å².